The van der Waals surface area contributed by atoms with Crippen LogP contribution in [0.15, 0.2) is 36.4 Å². The number of ether oxygens (including phenoxy) is 2. The molecule has 0 radical (unpaired) electrons. The maximum Gasteiger partial charge on any atom is 0.259 e. The first-order chi connectivity index (χ1) is 15.3. The number of nitrogens with zero attached hydrogens (tertiary/aromatic N) is 2. The van der Waals surface area contributed by atoms with Crippen LogP contribution < -0.4 is 9.47 Å². The molecule has 0 heterocycles. The van der Waals surface area contributed by atoms with E-state index in [2.05, 4.69) is 30.6 Å². The Morgan fingerprint density at radius 2 is 1.78 bits per heavy atom. The highest BCUT2D eigenvalue weighted by Crippen LogP contribution is 2.42. The van der Waals surface area contributed by atoms with Crippen LogP contribution in [0.5, 0.6) is 17.2 Å². The molecule has 0 amide bonds. The lowest BCUT2D eigenvalue weighted by Crippen LogP contribution is -2.31. The number of benzene rings is 2. The van der Waals surface area contributed by atoms with Gasteiger partial charge in [-0.2, -0.15) is 0 Å². The van der Waals surface area contributed by atoms with Gasteiger partial charge in [-0.3, -0.25) is 0 Å². The van der Waals surface area contributed by atoms with Gasteiger partial charge in [0.15, 0.2) is 11.5 Å². The van der Waals surface area contributed by atoms with E-state index in [9.17, 15) is 10.2 Å². The van der Waals surface area contributed by atoms with Crippen molar-refractivity contribution in [2.24, 2.45) is 5.92 Å². The smallest absolute Gasteiger partial charge is 0.259 e. The Bertz CT molecular complexity index is 923. The Morgan fingerprint density at radius 1 is 1.06 bits per heavy atom. The van der Waals surface area contributed by atoms with Crippen LogP contribution in [0, 0.1) is 12.5 Å². The summed E-state index contributed by atoms with van der Waals surface area (Å²) in [5.41, 5.74) is 1.98. The van der Waals surface area contributed by atoms with E-state index in [1.54, 1.807) is 20.3 Å². The van der Waals surface area contributed by atoms with Crippen LogP contribution in [0.2, 0.25) is 0 Å². The summed E-state index contributed by atoms with van der Waals surface area (Å²) in [7, 11) is 5.31. The van der Waals surface area contributed by atoms with Gasteiger partial charge in [-0.25, -0.2) is 6.57 Å². The van der Waals surface area contributed by atoms with Crippen molar-refractivity contribution in [3.05, 3.63) is 64.5 Å². The Balaban J connectivity index is 2.03. The minimum atomic E-state index is -0.618. The molecule has 6 heteroatoms. The van der Waals surface area contributed by atoms with Gasteiger partial charge in [0, 0.05) is 30.0 Å². The number of phenols is 1. The molecule has 1 unspecified atom stereocenters. The van der Waals surface area contributed by atoms with Crippen LogP contribution in [-0.2, 0) is 18.6 Å². The summed E-state index contributed by atoms with van der Waals surface area (Å²) in [6.07, 6.45) is 2.47. The second-order valence-corrected chi connectivity index (χ2v) is 8.54. The molecular formula is C26H36N2O4. The third kappa shape index (κ3) is 5.93. The molecule has 174 valence electrons. The van der Waals surface area contributed by atoms with Crippen molar-refractivity contribution in [1.82, 2.24) is 4.90 Å². The van der Waals surface area contributed by atoms with Gasteiger partial charge in [0.05, 0.1) is 20.8 Å². The highest BCUT2D eigenvalue weighted by Gasteiger charge is 2.42. The van der Waals surface area contributed by atoms with Gasteiger partial charge in [0.2, 0.25) is 0 Å². The second-order valence-electron chi connectivity index (χ2n) is 8.54. The van der Waals surface area contributed by atoms with Gasteiger partial charge in [-0.1, -0.05) is 19.9 Å². The number of aliphatic hydroxyl groups excluding tert-OH is 1. The van der Waals surface area contributed by atoms with Crippen LogP contribution in [-0.4, -0.2) is 49.5 Å². The van der Waals surface area contributed by atoms with Crippen LogP contribution in [0.3, 0.4) is 0 Å². The van der Waals surface area contributed by atoms with Crippen LogP contribution in [0.4, 0.5) is 0 Å². The quantitative estimate of drug-likeness (QED) is 0.471. The number of hydrogen-bond acceptors (Lipinski definition) is 5. The van der Waals surface area contributed by atoms with E-state index in [4.69, 9.17) is 16.0 Å². The van der Waals surface area contributed by atoms with Crippen LogP contribution in [0.25, 0.3) is 4.85 Å². The summed E-state index contributed by atoms with van der Waals surface area (Å²) in [5, 5.41) is 19.0. The number of rotatable bonds is 12. The van der Waals surface area contributed by atoms with E-state index in [1.165, 1.54) is 0 Å². The van der Waals surface area contributed by atoms with Crippen molar-refractivity contribution in [3.8, 4) is 17.2 Å². The molecule has 6 nitrogen and oxygen atoms in total. The average Bonchev–Trinajstić information content (AvgIpc) is 2.80. The van der Waals surface area contributed by atoms with E-state index in [0.29, 0.717) is 17.1 Å². The van der Waals surface area contributed by atoms with Crippen molar-refractivity contribution in [1.29, 1.82) is 0 Å². The molecule has 0 aromatic heterocycles. The van der Waals surface area contributed by atoms with E-state index in [0.717, 1.165) is 43.5 Å². The molecule has 32 heavy (non-hydrogen) atoms. The minimum absolute atomic E-state index is 0.129. The fraction of sp³-hybridized carbons (Fsp3) is 0.500. The zero-order valence-electron chi connectivity index (χ0n) is 19.9. The summed E-state index contributed by atoms with van der Waals surface area (Å²) in [6, 6.07) is 11.2. The Hall–Kier alpha value is -2.75. The highest BCUT2D eigenvalue weighted by atomic mass is 16.5. The summed E-state index contributed by atoms with van der Waals surface area (Å²) in [4.78, 5) is 6.38. The first-order valence-corrected chi connectivity index (χ1v) is 11.0. The molecule has 1 atom stereocenters. The maximum absolute atomic E-state index is 9.72. The van der Waals surface area contributed by atoms with Gasteiger partial charge < -0.3 is 29.4 Å². The molecule has 0 aliphatic carbocycles. The predicted octanol–water partition coefficient (Wildman–Crippen LogP) is 4.63. The van der Waals surface area contributed by atoms with E-state index in [-0.39, 0.29) is 18.3 Å². The van der Waals surface area contributed by atoms with Crippen molar-refractivity contribution in [3.63, 3.8) is 0 Å². The third-order valence-corrected chi connectivity index (χ3v) is 6.23. The number of aromatic hydroxyl groups is 1. The molecule has 2 N–H and O–H groups in total. The van der Waals surface area contributed by atoms with E-state index >= 15 is 0 Å². The summed E-state index contributed by atoms with van der Waals surface area (Å²) < 4.78 is 10.8. The summed E-state index contributed by atoms with van der Waals surface area (Å²) in [5.74, 6) is 1.59. The van der Waals surface area contributed by atoms with Crippen molar-refractivity contribution in [2.45, 2.75) is 45.3 Å². The molecule has 0 saturated heterocycles. The van der Waals surface area contributed by atoms with Gasteiger partial charge in [0.1, 0.15) is 5.75 Å². The number of methoxy groups -OCH3 is 2. The monoisotopic (exact) mass is 440 g/mol. The number of hydrogen-bond donors (Lipinski definition) is 2. The summed E-state index contributed by atoms with van der Waals surface area (Å²) >= 11 is 0. The van der Waals surface area contributed by atoms with E-state index in [1.807, 2.05) is 30.3 Å². The molecule has 0 saturated carbocycles. The van der Waals surface area contributed by atoms with Crippen LogP contribution in [0.1, 0.15) is 43.4 Å². The van der Waals surface area contributed by atoms with Gasteiger partial charge in [0.25, 0.3) is 5.54 Å². The Labute approximate surface area is 192 Å². The maximum atomic E-state index is 9.72. The topological polar surface area (TPSA) is 66.5 Å². The average molecular weight is 441 g/mol. The van der Waals surface area contributed by atoms with Crippen molar-refractivity contribution < 1.29 is 19.7 Å². The summed E-state index contributed by atoms with van der Waals surface area (Å²) in [6.45, 7) is 13.8. The Morgan fingerprint density at radius 3 is 2.38 bits per heavy atom. The standard InChI is InChI=1S/C26H36N2O4/c1-19(2)26(27-3,22-9-11-24(31-5)25(17-22)32-6)13-7-14-28(4)15-12-20-8-10-23(30)21(16-20)18-29/h8-11,16-17,19,29-30H,7,12-15,18H2,1-2,4-6H3. The molecule has 2 aromatic carbocycles. The molecule has 0 aliphatic rings. The normalized spacial score (nSPS) is 13.1. The molecule has 0 spiro atoms. The molecule has 2 aromatic rings. The van der Waals surface area contributed by atoms with Crippen molar-refractivity contribution in [2.75, 3.05) is 34.4 Å². The molecule has 2 rings (SSSR count). The fourth-order valence-electron chi connectivity index (χ4n) is 4.09. The SMILES string of the molecule is [C-]#[N+]C(CCCN(C)CCc1ccc(O)c(CO)c1)(c1ccc(OC)c(OC)c1)C(C)C. The largest absolute Gasteiger partial charge is 0.508 e. The zero-order valence-corrected chi connectivity index (χ0v) is 19.9. The predicted molar refractivity (Wildman–Crippen MR) is 127 cm³/mol. The Kier molecular flexibility index (Phi) is 9.37. The van der Waals surface area contributed by atoms with Gasteiger partial charge in [-0.15, -0.1) is 0 Å². The molecule has 0 aliphatic heterocycles. The lowest BCUT2D eigenvalue weighted by atomic mass is 9.77. The molecule has 0 bridgehead atoms. The third-order valence-electron chi connectivity index (χ3n) is 6.23. The zero-order chi connectivity index (χ0) is 23.7. The van der Waals surface area contributed by atoms with Gasteiger partial charge >= 0.3 is 0 Å². The molecule has 0 fully saturated rings. The fourth-order valence-corrected chi connectivity index (χ4v) is 4.09. The molecular weight excluding hydrogens is 404 g/mol. The second kappa shape index (κ2) is 11.8. The van der Waals surface area contributed by atoms with Crippen LogP contribution >= 0.6 is 0 Å². The minimum Gasteiger partial charge on any atom is -0.508 e. The lowest BCUT2D eigenvalue weighted by Gasteiger charge is -2.28. The lowest BCUT2D eigenvalue weighted by molar-refractivity contribution is 0.275. The van der Waals surface area contributed by atoms with Gasteiger partial charge in [-0.05, 0) is 62.3 Å². The van der Waals surface area contributed by atoms with E-state index < -0.39 is 5.54 Å². The van der Waals surface area contributed by atoms with Crippen molar-refractivity contribution >= 4 is 0 Å². The highest BCUT2D eigenvalue weighted by molar-refractivity contribution is 5.46. The number of likely N-dealkylation sites (N-methyl/N-ethyl adjacent to an activating group) is 1. The first-order valence-electron chi connectivity index (χ1n) is 11.0. The number of aliphatic hydroxyl groups is 1. The first kappa shape index (κ1) is 25.5.